The predicted octanol–water partition coefficient (Wildman–Crippen LogP) is 0.265. The van der Waals surface area contributed by atoms with Crippen LogP contribution in [0.2, 0.25) is 0 Å². The number of nitrogens with zero attached hydrogens (tertiary/aromatic N) is 3. The van der Waals surface area contributed by atoms with E-state index < -0.39 is 0 Å². The predicted molar refractivity (Wildman–Crippen MR) is 68.7 cm³/mol. The first-order valence-electron chi connectivity index (χ1n) is 6.18. The number of carbonyl (C=O) groups excluding carboxylic acids is 2. The Morgan fingerprint density at radius 1 is 1.00 bits per heavy atom. The van der Waals surface area contributed by atoms with Crippen molar-refractivity contribution >= 4 is 11.8 Å². The number of hydrogen-bond donors (Lipinski definition) is 0. The molecule has 1 saturated heterocycles. The monoisotopic (exact) mass is 243 g/mol. The Kier molecular flexibility index (Phi) is 7.54. The van der Waals surface area contributed by atoms with Gasteiger partial charge in [0, 0.05) is 33.1 Å². The average Bonchev–Trinajstić information content (AvgIpc) is 2.31. The largest absolute Gasteiger partial charge is 0.339 e. The Morgan fingerprint density at radius 3 is 1.76 bits per heavy atom. The Hall–Kier alpha value is -1.10. The number of hydrogen-bond acceptors (Lipinski definition) is 3. The van der Waals surface area contributed by atoms with Gasteiger partial charge in [0.05, 0.1) is 6.54 Å². The Bertz CT molecular complexity index is 246. The molecule has 0 unspecified atom stereocenters. The summed E-state index contributed by atoms with van der Waals surface area (Å²) in [5.74, 6) is 0.234. The van der Waals surface area contributed by atoms with E-state index in [0.717, 1.165) is 0 Å². The van der Waals surface area contributed by atoms with Crippen LogP contribution < -0.4 is 0 Å². The van der Waals surface area contributed by atoms with E-state index in [1.165, 1.54) is 0 Å². The van der Waals surface area contributed by atoms with E-state index in [4.69, 9.17) is 0 Å². The second-order valence-corrected chi connectivity index (χ2v) is 4.12. The van der Waals surface area contributed by atoms with Crippen LogP contribution in [0.15, 0.2) is 0 Å². The highest BCUT2D eigenvalue weighted by atomic mass is 16.2. The summed E-state index contributed by atoms with van der Waals surface area (Å²) in [6.07, 6.45) is 0. The highest BCUT2D eigenvalue weighted by Crippen LogP contribution is 2.02. The van der Waals surface area contributed by atoms with Gasteiger partial charge >= 0.3 is 0 Å². The fraction of sp³-hybridized carbons (Fsp3) is 0.833. The standard InChI is InChI=1S/C10H19N3O2.C2H6/c1-9(14)12-4-6-13(7-5-12)10(15)8-11(2)3;1-2/h4-8H2,1-3H3;1-2H3. The van der Waals surface area contributed by atoms with Crippen LogP contribution in [-0.2, 0) is 9.59 Å². The fourth-order valence-electron chi connectivity index (χ4n) is 1.64. The molecule has 1 rings (SSSR count). The van der Waals surface area contributed by atoms with Gasteiger partial charge in [0.1, 0.15) is 0 Å². The van der Waals surface area contributed by atoms with E-state index in [-0.39, 0.29) is 11.8 Å². The van der Waals surface area contributed by atoms with Gasteiger partial charge in [-0.3, -0.25) is 9.59 Å². The van der Waals surface area contributed by atoms with Crippen molar-refractivity contribution in [3.63, 3.8) is 0 Å². The second kappa shape index (κ2) is 8.06. The zero-order chi connectivity index (χ0) is 13.4. The highest BCUT2D eigenvalue weighted by molar-refractivity contribution is 5.79. The fourth-order valence-corrected chi connectivity index (χ4v) is 1.64. The number of amides is 2. The molecule has 0 atom stereocenters. The molecule has 0 saturated carbocycles. The molecule has 5 heteroatoms. The van der Waals surface area contributed by atoms with Gasteiger partial charge < -0.3 is 14.7 Å². The quantitative estimate of drug-likeness (QED) is 0.699. The van der Waals surface area contributed by atoms with Crippen LogP contribution in [0.1, 0.15) is 20.8 Å². The third-order valence-electron chi connectivity index (χ3n) is 2.53. The van der Waals surface area contributed by atoms with Crippen LogP contribution in [0.3, 0.4) is 0 Å². The maximum absolute atomic E-state index is 11.7. The van der Waals surface area contributed by atoms with Gasteiger partial charge in [-0.1, -0.05) is 13.8 Å². The Labute approximate surface area is 104 Å². The molecule has 0 N–H and O–H groups in total. The molecule has 0 aromatic carbocycles. The summed E-state index contributed by atoms with van der Waals surface area (Å²) in [5, 5.41) is 0. The molecule has 1 aliphatic rings. The molecule has 2 amide bonds. The average molecular weight is 243 g/mol. The van der Waals surface area contributed by atoms with Crippen molar-refractivity contribution in [2.45, 2.75) is 20.8 Å². The van der Waals surface area contributed by atoms with Gasteiger partial charge in [0.15, 0.2) is 0 Å². The molecule has 0 spiro atoms. The van der Waals surface area contributed by atoms with Crippen LogP contribution in [0.5, 0.6) is 0 Å². The Balaban J connectivity index is 0.00000121. The summed E-state index contributed by atoms with van der Waals surface area (Å²) < 4.78 is 0. The van der Waals surface area contributed by atoms with E-state index >= 15 is 0 Å². The van der Waals surface area contributed by atoms with Gasteiger partial charge in [-0.25, -0.2) is 0 Å². The van der Waals surface area contributed by atoms with E-state index in [9.17, 15) is 9.59 Å². The SMILES string of the molecule is CC.CC(=O)N1CCN(C(=O)CN(C)C)CC1. The lowest BCUT2D eigenvalue weighted by Crippen LogP contribution is -2.51. The van der Waals surface area contributed by atoms with Crippen molar-refractivity contribution in [3.05, 3.63) is 0 Å². The molecule has 0 aromatic rings. The first kappa shape index (κ1) is 15.9. The molecule has 17 heavy (non-hydrogen) atoms. The van der Waals surface area contributed by atoms with E-state index in [0.29, 0.717) is 32.7 Å². The molecule has 1 heterocycles. The van der Waals surface area contributed by atoms with E-state index in [1.807, 2.05) is 37.7 Å². The van der Waals surface area contributed by atoms with E-state index in [1.54, 1.807) is 11.8 Å². The molecule has 0 bridgehead atoms. The first-order chi connectivity index (χ1) is 8.00. The van der Waals surface area contributed by atoms with Crippen LogP contribution in [0.25, 0.3) is 0 Å². The zero-order valence-electron chi connectivity index (χ0n) is 11.7. The number of rotatable bonds is 2. The van der Waals surface area contributed by atoms with Crippen molar-refractivity contribution < 1.29 is 9.59 Å². The maximum Gasteiger partial charge on any atom is 0.236 e. The number of likely N-dealkylation sites (N-methyl/N-ethyl adjacent to an activating group) is 1. The lowest BCUT2D eigenvalue weighted by Gasteiger charge is -2.34. The van der Waals surface area contributed by atoms with Crippen molar-refractivity contribution in [1.29, 1.82) is 0 Å². The minimum absolute atomic E-state index is 0.0923. The zero-order valence-corrected chi connectivity index (χ0v) is 11.7. The van der Waals surface area contributed by atoms with Crippen LogP contribution in [-0.4, -0.2) is 73.3 Å². The summed E-state index contributed by atoms with van der Waals surface area (Å²) in [5.41, 5.74) is 0. The van der Waals surface area contributed by atoms with Crippen molar-refractivity contribution in [2.75, 3.05) is 46.8 Å². The van der Waals surface area contributed by atoms with Gasteiger partial charge in [-0.05, 0) is 14.1 Å². The molecule has 1 fully saturated rings. The minimum atomic E-state index is 0.0923. The highest BCUT2D eigenvalue weighted by Gasteiger charge is 2.22. The Morgan fingerprint density at radius 2 is 1.41 bits per heavy atom. The van der Waals surface area contributed by atoms with Gasteiger partial charge in [-0.2, -0.15) is 0 Å². The maximum atomic E-state index is 11.7. The van der Waals surface area contributed by atoms with Crippen LogP contribution in [0, 0.1) is 0 Å². The molecular weight excluding hydrogens is 218 g/mol. The van der Waals surface area contributed by atoms with Gasteiger partial charge in [0.25, 0.3) is 0 Å². The summed E-state index contributed by atoms with van der Waals surface area (Å²) >= 11 is 0. The van der Waals surface area contributed by atoms with Gasteiger partial charge in [0.2, 0.25) is 11.8 Å². The lowest BCUT2D eigenvalue weighted by atomic mass is 10.3. The molecule has 0 aromatic heterocycles. The topological polar surface area (TPSA) is 43.9 Å². The van der Waals surface area contributed by atoms with Crippen molar-refractivity contribution in [1.82, 2.24) is 14.7 Å². The van der Waals surface area contributed by atoms with Crippen LogP contribution in [0.4, 0.5) is 0 Å². The third kappa shape index (κ3) is 5.68. The number of carbonyl (C=O) groups is 2. The van der Waals surface area contributed by atoms with Crippen LogP contribution >= 0.6 is 0 Å². The molecule has 5 nitrogen and oxygen atoms in total. The summed E-state index contributed by atoms with van der Waals surface area (Å²) in [7, 11) is 3.76. The second-order valence-electron chi connectivity index (χ2n) is 4.12. The minimum Gasteiger partial charge on any atom is -0.339 e. The van der Waals surface area contributed by atoms with Crippen molar-refractivity contribution in [2.24, 2.45) is 0 Å². The summed E-state index contributed by atoms with van der Waals surface area (Å²) in [6.45, 7) is 8.65. The molecule has 1 aliphatic heterocycles. The normalized spacial score (nSPS) is 15.4. The number of piperazine rings is 1. The molecule has 0 aliphatic carbocycles. The molecular formula is C12H25N3O2. The first-order valence-corrected chi connectivity index (χ1v) is 6.18. The third-order valence-corrected chi connectivity index (χ3v) is 2.53. The van der Waals surface area contributed by atoms with Crippen molar-refractivity contribution in [3.8, 4) is 0 Å². The smallest absolute Gasteiger partial charge is 0.236 e. The lowest BCUT2D eigenvalue weighted by molar-refractivity contribution is -0.138. The van der Waals surface area contributed by atoms with E-state index in [2.05, 4.69) is 0 Å². The molecule has 0 radical (unpaired) electrons. The van der Waals surface area contributed by atoms with Gasteiger partial charge in [-0.15, -0.1) is 0 Å². The summed E-state index contributed by atoms with van der Waals surface area (Å²) in [6, 6.07) is 0. The molecule has 100 valence electrons. The summed E-state index contributed by atoms with van der Waals surface area (Å²) in [4.78, 5) is 28.2.